The Hall–Kier alpha value is -1.76. The van der Waals surface area contributed by atoms with E-state index in [-0.39, 0.29) is 5.88 Å². The molecule has 0 spiro atoms. The van der Waals surface area contributed by atoms with E-state index in [1.807, 2.05) is 37.3 Å². The van der Waals surface area contributed by atoms with E-state index in [1.165, 1.54) is 11.3 Å². The predicted molar refractivity (Wildman–Crippen MR) is 93.8 cm³/mol. The van der Waals surface area contributed by atoms with Gasteiger partial charge in [-0.25, -0.2) is 0 Å². The highest BCUT2D eigenvalue weighted by molar-refractivity contribution is 7.73. The zero-order valence-corrected chi connectivity index (χ0v) is 14.0. The minimum absolute atomic E-state index is 0.191. The number of aromatic hydroxyl groups is 1. The number of aliphatic imine (C=N–C) groups is 1. The first-order chi connectivity index (χ1) is 10.6. The van der Waals surface area contributed by atoms with Crippen molar-refractivity contribution in [1.82, 2.24) is 4.57 Å². The van der Waals surface area contributed by atoms with Crippen LogP contribution in [0.4, 0.5) is 5.69 Å². The van der Waals surface area contributed by atoms with Crippen molar-refractivity contribution in [1.29, 1.82) is 0 Å². The predicted octanol–water partition coefficient (Wildman–Crippen LogP) is 4.28. The Kier molecular flexibility index (Phi) is 4.24. The van der Waals surface area contributed by atoms with Crippen molar-refractivity contribution in [3.63, 3.8) is 0 Å². The number of nitrogens with zero attached hydrogens (tertiary/aromatic N) is 2. The van der Waals surface area contributed by atoms with E-state index in [0.717, 1.165) is 27.4 Å². The second-order valence-electron chi connectivity index (χ2n) is 4.97. The van der Waals surface area contributed by atoms with Crippen LogP contribution >= 0.6 is 23.6 Å². The third-order valence-corrected chi connectivity index (χ3v) is 4.95. The summed E-state index contributed by atoms with van der Waals surface area (Å²) in [6, 6.07) is 8.00. The van der Waals surface area contributed by atoms with Crippen LogP contribution < -0.4 is 0 Å². The van der Waals surface area contributed by atoms with E-state index in [4.69, 9.17) is 17.0 Å². The molecule has 0 saturated carbocycles. The SMILES string of the molecule is COCCn1c(O)c(/C=C2\C(C)=Nc3ccccc32)sc1=S. The first-order valence-electron chi connectivity index (χ1n) is 6.90. The van der Waals surface area contributed by atoms with Crippen LogP contribution in [0.25, 0.3) is 11.6 Å². The van der Waals surface area contributed by atoms with E-state index >= 15 is 0 Å². The van der Waals surface area contributed by atoms with E-state index < -0.39 is 0 Å². The molecule has 2 heterocycles. The van der Waals surface area contributed by atoms with Gasteiger partial charge in [0.1, 0.15) is 0 Å². The van der Waals surface area contributed by atoms with Gasteiger partial charge < -0.3 is 9.84 Å². The molecule has 22 heavy (non-hydrogen) atoms. The van der Waals surface area contributed by atoms with Gasteiger partial charge in [0.25, 0.3) is 0 Å². The van der Waals surface area contributed by atoms with Gasteiger partial charge >= 0.3 is 0 Å². The molecule has 1 aromatic heterocycles. The van der Waals surface area contributed by atoms with Crippen LogP contribution in [0.3, 0.4) is 0 Å². The molecule has 0 atom stereocenters. The average molecular weight is 332 g/mol. The van der Waals surface area contributed by atoms with Crippen LogP contribution in [0, 0.1) is 3.95 Å². The molecule has 0 unspecified atom stereocenters. The van der Waals surface area contributed by atoms with Crippen molar-refractivity contribution in [3.8, 4) is 5.88 Å². The molecule has 0 radical (unpaired) electrons. The molecule has 114 valence electrons. The summed E-state index contributed by atoms with van der Waals surface area (Å²) in [6.07, 6.45) is 1.96. The summed E-state index contributed by atoms with van der Waals surface area (Å²) in [5.74, 6) is 0.191. The molecule has 0 amide bonds. The van der Waals surface area contributed by atoms with Crippen LogP contribution in [0.1, 0.15) is 17.4 Å². The summed E-state index contributed by atoms with van der Waals surface area (Å²) in [4.78, 5) is 5.31. The van der Waals surface area contributed by atoms with Crippen molar-refractivity contribution >= 4 is 46.6 Å². The zero-order chi connectivity index (χ0) is 15.7. The molecule has 1 aromatic carbocycles. The lowest BCUT2D eigenvalue weighted by molar-refractivity contribution is 0.183. The van der Waals surface area contributed by atoms with E-state index in [1.54, 1.807) is 11.7 Å². The molecule has 0 bridgehead atoms. The number of aromatic nitrogens is 1. The first-order valence-corrected chi connectivity index (χ1v) is 8.12. The van der Waals surface area contributed by atoms with Crippen LogP contribution in [0.2, 0.25) is 0 Å². The molecule has 3 rings (SSSR count). The van der Waals surface area contributed by atoms with Gasteiger partial charge in [-0.15, -0.1) is 11.3 Å². The molecule has 1 aliphatic rings. The minimum Gasteiger partial charge on any atom is -0.493 e. The fourth-order valence-corrected chi connectivity index (χ4v) is 3.74. The topological polar surface area (TPSA) is 46.8 Å². The van der Waals surface area contributed by atoms with Gasteiger partial charge in [-0.1, -0.05) is 18.2 Å². The van der Waals surface area contributed by atoms with E-state index in [0.29, 0.717) is 17.1 Å². The minimum atomic E-state index is 0.191. The number of para-hydroxylation sites is 1. The average Bonchev–Trinajstić information content (AvgIpc) is 2.96. The number of fused-ring (bicyclic) bond motifs is 1. The summed E-state index contributed by atoms with van der Waals surface area (Å²) >= 11 is 6.72. The molecule has 2 aromatic rings. The first kappa shape index (κ1) is 15.1. The highest BCUT2D eigenvalue weighted by Crippen LogP contribution is 2.38. The van der Waals surface area contributed by atoms with Gasteiger partial charge in [-0.05, 0) is 31.3 Å². The van der Waals surface area contributed by atoms with Gasteiger partial charge in [0.2, 0.25) is 5.88 Å². The van der Waals surface area contributed by atoms with Crippen molar-refractivity contribution in [2.75, 3.05) is 13.7 Å². The fraction of sp³-hybridized carbons (Fsp3) is 0.250. The largest absolute Gasteiger partial charge is 0.493 e. The standard InChI is InChI=1S/C16H16N2O2S2/c1-10-12(11-5-3-4-6-13(11)17-10)9-14-15(19)18(7-8-20-2)16(21)22-14/h3-6,9,19H,7-8H2,1-2H3/b12-9+. The van der Waals surface area contributed by atoms with Crippen molar-refractivity contribution in [2.24, 2.45) is 4.99 Å². The summed E-state index contributed by atoms with van der Waals surface area (Å²) in [5.41, 5.74) is 4.03. The Morgan fingerprint density at radius 3 is 2.95 bits per heavy atom. The normalized spacial score (nSPS) is 15.2. The highest BCUT2D eigenvalue weighted by Gasteiger charge is 2.19. The maximum absolute atomic E-state index is 10.4. The summed E-state index contributed by atoms with van der Waals surface area (Å²) in [7, 11) is 1.63. The molecular weight excluding hydrogens is 316 g/mol. The summed E-state index contributed by atoms with van der Waals surface area (Å²) in [6.45, 7) is 3.03. The lowest BCUT2D eigenvalue weighted by Gasteiger charge is -2.04. The Labute approximate surface area is 138 Å². The van der Waals surface area contributed by atoms with Crippen molar-refractivity contribution < 1.29 is 9.84 Å². The number of hydrogen-bond donors (Lipinski definition) is 1. The zero-order valence-electron chi connectivity index (χ0n) is 12.4. The van der Waals surface area contributed by atoms with Gasteiger partial charge in [-0.2, -0.15) is 0 Å². The maximum atomic E-state index is 10.4. The molecule has 0 fully saturated rings. The number of hydrogen-bond acceptors (Lipinski definition) is 5. The fourth-order valence-electron chi connectivity index (χ4n) is 2.44. The molecular formula is C16H16N2O2S2. The smallest absolute Gasteiger partial charge is 0.210 e. The highest BCUT2D eigenvalue weighted by atomic mass is 32.1. The van der Waals surface area contributed by atoms with E-state index in [2.05, 4.69) is 4.99 Å². The van der Waals surface area contributed by atoms with Crippen LogP contribution in [-0.4, -0.2) is 29.1 Å². The number of allylic oxidation sites excluding steroid dienone is 1. The molecule has 1 aliphatic heterocycles. The monoisotopic (exact) mass is 332 g/mol. The van der Waals surface area contributed by atoms with E-state index in [9.17, 15) is 5.11 Å². The van der Waals surface area contributed by atoms with Crippen molar-refractivity contribution in [3.05, 3.63) is 38.7 Å². The molecule has 4 nitrogen and oxygen atoms in total. The molecule has 1 N–H and O–H groups in total. The summed E-state index contributed by atoms with van der Waals surface area (Å²) in [5, 5.41) is 10.4. The van der Waals surface area contributed by atoms with Gasteiger partial charge in [0, 0.05) is 24.0 Å². The molecule has 6 heteroatoms. The third-order valence-electron chi connectivity index (χ3n) is 3.56. The van der Waals surface area contributed by atoms with Crippen LogP contribution in [0.5, 0.6) is 5.88 Å². The second-order valence-corrected chi connectivity index (χ2v) is 6.65. The van der Waals surface area contributed by atoms with Gasteiger partial charge in [0.05, 0.1) is 23.7 Å². The maximum Gasteiger partial charge on any atom is 0.210 e. The number of benzene rings is 1. The number of thiazole rings is 1. The number of rotatable bonds is 4. The van der Waals surface area contributed by atoms with Gasteiger partial charge in [0.15, 0.2) is 3.95 Å². The van der Waals surface area contributed by atoms with Crippen LogP contribution in [-0.2, 0) is 11.3 Å². The van der Waals surface area contributed by atoms with Gasteiger partial charge in [-0.3, -0.25) is 9.56 Å². The Morgan fingerprint density at radius 2 is 2.18 bits per heavy atom. The molecule has 0 aliphatic carbocycles. The quantitative estimate of drug-likeness (QED) is 0.850. The number of methoxy groups -OCH3 is 1. The Bertz CT molecular complexity index is 831. The van der Waals surface area contributed by atoms with Crippen LogP contribution in [0.15, 0.2) is 29.3 Å². The number of ether oxygens (including phenoxy) is 1. The lowest BCUT2D eigenvalue weighted by Crippen LogP contribution is -2.03. The second kappa shape index (κ2) is 6.16. The molecule has 0 saturated heterocycles. The lowest BCUT2D eigenvalue weighted by atomic mass is 10.0. The summed E-state index contributed by atoms with van der Waals surface area (Å²) < 4.78 is 7.39. The Morgan fingerprint density at radius 1 is 1.41 bits per heavy atom. The third kappa shape index (κ3) is 2.65. The Balaban J connectivity index is 2.03. The van der Waals surface area contributed by atoms with Crippen molar-refractivity contribution in [2.45, 2.75) is 13.5 Å².